The van der Waals surface area contributed by atoms with Crippen LogP contribution in [0.3, 0.4) is 0 Å². The van der Waals surface area contributed by atoms with Crippen molar-refractivity contribution in [1.82, 2.24) is 8.61 Å². The van der Waals surface area contributed by atoms with Crippen molar-refractivity contribution in [3.05, 3.63) is 0 Å². The van der Waals surface area contributed by atoms with E-state index >= 15 is 0 Å². The molecule has 2 bridgehead atoms. The fourth-order valence-electron chi connectivity index (χ4n) is 4.48. The summed E-state index contributed by atoms with van der Waals surface area (Å²) >= 11 is 0. The summed E-state index contributed by atoms with van der Waals surface area (Å²) < 4.78 is 29.6. The first kappa shape index (κ1) is 14.8. The van der Waals surface area contributed by atoms with Crippen molar-refractivity contribution in [3.63, 3.8) is 0 Å². The number of hydrogen-bond acceptors (Lipinski definition) is 3. The fourth-order valence-corrected chi connectivity index (χ4v) is 6.77. The highest BCUT2D eigenvalue weighted by molar-refractivity contribution is 7.86. The van der Waals surface area contributed by atoms with Gasteiger partial charge in [0.2, 0.25) is 0 Å². The molecule has 0 aliphatic carbocycles. The van der Waals surface area contributed by atoms with Gasteiger partial charge in [0.05, 0.1) is 0 Å². The van der Waals surface area contributed by atoms with Gasteiger partial charge in [-0.3, -0.25) is 0 Å². The first-order valence-electron chi connectivity index (χ1n) is 7.92. The van der Waals surface area contributed by atoms with Crippen molar-refractivity contribution >= 4 is 10.2 Å². The van der Waals surface area contributed by atoms with Gasteiger partial charge in [-0.05, 0) is 43.9 Å². The van der Waals surface area contributed by atoms with E-state index in [2.05, 4.69) is 13.8 Å². The molecule has 0 aromatic rings. The Morgan fingerprint density at radius 3 is 1.95 bits per heavy atom. The molecule has 6 heteroatoms. The summed E-state index contributed by atoms with van der Waals surface area (Å²) in [6, 6.07) is 0.459. The normalized spacial score (nSPS) is 43.9. The van der Waals surface area contributed by atoms with Crippen molar-refractivity contribution < 1.29 is 8.42 Å². The van der Waals surface area contributed by atoms with Crippen molar-refractivity contribution in [1.29, 1.82) is 0 Å². The molecule has 116 valence electrons. The first-order chi connectivity index (χ1) is 9.38. The molecule has 0 saturated carbocycles. The predicted molar refractivity (Wildman–Crippen MR) is 79.3 cm³/mol. The van der Waals surface area contributed by atoms with E-state index in [4.69, 9.17) is 5.73 Å². The molecule has 3 rings (SSSR count). The van der Waals surface area contributed by atoms with Gasteiger partial charge >= 0.3 is 0 Å². The number of fused-ring (bicyclic) bond motifs is 2. The number of rotatable bonds is 2. The predicted octanol–water partition coefficient (Wildman–Crippen LogP) is 1.16. The van der Waals surface area contributed by atoms with Gasteiger partial charge in [-0.1, -0.05) is 13.8 Å². The van der Waals surface area contributed by atoms with Crippen molar-refractivity contribution in [2.24, 2.45) is 17.6 Å². The topological polar surface area (TPSA) is 66.6 Å². The van der Waals surface area contributed by atoms with Crippen LogP contribution in [0.25, 0.3) is 0 Å². The summed E-state index contributed by atoms with van der Waals surface area (Å²) in [6.07, 6.45) is 4.75. The first-order valence-corrected chi connectivity index (χ1v) is 9.31. The molecule has 0 aromatic heterocycles. The summed E-state index contributed by atoms with van der Waals surface area (Å²) in [7, 11) is -3.30. The van der Waals surface area contributed by atoms with E-state index in [1.165, 1.54) is 0 Å². The zero-order chi connectivity index (χ0) is 14.5. The Morgan fingerprint density at radius 1 is 0.950 bits per heavy atom. The Kier molecular flexibility index (Phi) is 3.86. The molecule has 0 radical (unpaired) electrons. The number of nitrogens with zero attached hydrogens (tertiary/aromatic N) is 2. The lowest BCUT2D eigenvalue weighted by Crippen LogP contribution is -2.56. The molecule has 3 saturated heterocycles. The zero-order valence-corrected chi connectivity index (χ0v) is 13.3. The van der Waals surface area contributed by atoms with Gasteiger partial charge in [0.1, 0.15) is 0 Å². The maximum Gasteiger partial charge on any atom is 0.282 e. The van der Waals surface area contributed by atoms with Crippen LogP contribution in [-0.4, -0.2) is 48.2 Å². The molecule has 0 amide bonds. The second-order valence-electron chi connectivity index (χ2n) is 7.22. The van der Waals surface area contributed by atoms with Crippen LogP contribution in [0.15, 0.2) is 0 Å². The van der Waals surface area contributed by atoms with E-state index < -0.39 is 10.2 Å². The molecule has 4 unspecified atom stereocenters. The summed E-state index contributed by atoms with van der Waals surface area (Å²) in [6.45, 7) is 5.65. The van der Waals surface area contributed by atoms with E-state index in [9.17, 15) is 8.42 Å². The highest BCUT2D eigenvalue weighted by Gasteiger charge is 2.48. The van der Waals surface area contributed by atoms with Gasteiger partial charge in [-0.2, -0.15) is 17.0 Å². The SMILES string of the molecule is CC1CC(C)CN(S(=O)(=O)N2C3CCC2CC(N)C3)C1. The van der Waals surface area contributed by atoms with Crippen LogP contribution in [0.2, 0.25) is 0 Å². The molecule has 3 aliphatic heterocycles. The van der Waals surface area contributed by atoms with E-state index in [1.807, 2.05) is 0 Å². The van der Waals surface area contributed by atoms with Crippen molar-refractivity contribution in [2.75, 3.05) is 13.1 Å². The maximum absolute atomic E-state index is 13.0. The Bertz CT molecular complexity index is 443. The smallest absolute Gasteiger partial charge is 0.282 e. The van der Waals surface area contributed by atoms with Crippen LogP contribution in [0.5, 0.6) is 0 Å². The maximum atomic E-state index is 13.0. The second-order valence-corrected chi connectivity index (χ2v) is 9.05. The Balaban J connectivity index is 1.82. The van der Waals surface area contributed by atoms with Crippen LogP contribution < -0.4 is 5.73 Å². The Hall–Kier alpha value is -0.170. The molecule has 3 fully saturated rings. The minimum atomic E-state index is -3.30. The van der Waals surface area contributed by atoms with Gasteiger partial charge in [-0.25, -0.2) is 0 Å². The van der Waals surface area contributed by atoms with Gasteiger partial charge in [-0.15, -0.1) is 0 Å². The van der Waals surface area contributed by atoms with Gasteiger partial charge in [0.25, 0.3) is 10.2 Å². The van der Waals surface area contributed by atoms with Gasteiger partial charge < -0.3 is 5.73 Å². The van der Waals surface area contributed by atoms with Crippen LogP contribution in [-0.2, 0) is 10.2 Å². The third-order valence-electron chi connectivity index (χ3n) is 5.13. The molecule has 2 N–H and O–H groups in total. The summed E-state index contributed by atoms with van der Waals surface area (Å²) in [4.78, 5) is 0. The van der Waals surface area contributed by atoms with Gasteiger partial charge in [0.15, 0.2) is 0 Å². The van der Waals surface area contributed by atoms with Crippen LogP contribution in [0, 0.1) is 11.8 Å². The summed E-state index contributed by atoms with van der Waals surface area (Å²) in [5, 5.41) is 0. The molecule has 3 heterocycles. The third-order valence-corrected chi connectivity index (χ3v) is 7.21. The molecule has 0 spiro atoms. The van der Waals surface area contributed by atoms with Crippen LogP contribution in [0.4, 0.5) is 0 Å². The van der Waals surface area contributed by atoms with Gasteiger partial charge in [0, 0.05) is 31.2 Å². The Morgan fingerprint density at radius 2 is 1.45 bits per heavy atom. The van der Waals surface area contributed by atoms with Crippen LogP contribution in [0.1, 0.15) is 46.0 Å². The molecule has 20 heavy (non-hydrogen) atoms. The Labute approximate surface area is 122 Å². The largest absolute Gasteiger partial charge is 0.328 e. The van der Waals surface area contributed by atoms with Crippen molar-refractivity contribution in [2.45, 2.75) is 64.1 Å². The monoisotopic (exact) mass is 301 g/mol. The standard InChI is InChI=1S/C14H27N3O2S/c1-10-5-11(2)9-16(8-10)20(18,19)17-13-3-4-14(17)7-12(15)6-13/h10-14H,3-9,15H2,1-2H3. The lowest BCUT2D eigenvalue weighted by molar-refractivity contribution is 0.176. The lowest BCUT2D eigenvalue weighted by atomic mass is 9.94. The highest BCUT2D eigenvalue weighted by atomic mass is 32.2. The average Bonchev–Trinajstić information content (AvgIpc) is 2.62. The minimum Gasteiger partial charge on any atom is -0.328 e. The quantitative estimate of drug-likeness (QED) is 0.832. The fraction of sp³-hybridized carbons (Fsp3) is 1.00. The van der Waals surface area contributed by atoms with Crippen LogP contribution >= 0.6 is 0 Å². The average molecular weight is 301 g/mol. The molecular formula is C14H27N3O2S. The zero-order valence-electron chi connectivity index (χ0n) is 12.5. The number of nitrogens with two attached hydrogens (primary N) is 1. The molecule has 5 nitrogen and oxygen atoms in total. The summed E-state index contributed by atoms with van der Waals surface area (Å²) in [5.74, 6) is 0.913. The lowest BCUT2D eigenvalue weighted by Gasteiger charge is -2.42. The third kappa shape index (κ3) is 2.51. The van der Waals surface area contributed by atoms with Crippen molar-refractivity contribution in [3.8, 4) is 0 Å². The van der Waals surface area contributed by atoms with E-state index in [0.29, 0.717) is 24.9 Å². The highest BCUT2D eigenvalue weighted by Crippen LogP contribution is 2.39. The second kappa shape index (κ2) is 5.23. The minimum absolute atomic E-state index is 0.140. The van der Waals surface area contributed by atoms with E-state index in [0.717, 1.165) is 32.1 Å². The molecule has 4 atom stereocenters. The van der Waals surface area contributed by atoms with E-state index in [1.54, 1.807) is 8.61 Å². The molecular weight excluding hydrogens is 274 g/mol. The molecule has 0 aromatic carbocycles. The summed E-state index contributed by atoms with van der Waals surface area (Å²) in [5.41, 5.74) is 6.05. The van der Waals surface area contributed by atoms with E-state index in [-0.39, 0.29) is 18.1 Å². The number of piperidine rings is 2. The molecule has 3 aliphatic rings. The number of hydrogen-bond donors (Lipinski definition) is 1.